The number of nitrogens with zero attached hydrogens (tertiary/aromatic N) is 5. The molecule has 0 aliphatic heterocycles. The fourth-order valence-corrected chi connectivity index (χ4v) is 3.25. The van der Waals surface area contributed by atoms with Gasteiger partial charge >= 0.3 is 0 Å². The molecule has 3 aromatic rings. The highest BCUT2D eigenvalue weighted by atomic mass is 32.2. The lowest BCUT2D eigenvalue weighted by atomic mass is 10.1. The van der Waals surface area contributed by atoms with E-state index in [0.717, 1.165) is 17.5 Å². The summed E-state index contributed by atoms with van der Waals surface area (Å²) < 4.78 is 37.7. The molecule has 1 N–H and O–H groups in total. The van der Waals surface area contributed by atoms with Gasteiger partial charge < -0.3 is 9.47 Å². The summed E-state index contributed by atoms with van der Waals surface area (Å²) in [7, 11) is -0.403. The number of methoxy groups -OCH3 is 2. The van der Waals surface area contributed by atoms with Crippen molar-refractivity contribution in [1.82, 2.24) is 24.7 Å². The van der Waals surface area contributed by atoms with Gasteiger partial charge in [-0.3, -0.25) is 4.72 Å². The van der Waals surface area contributed by atoms with Crippen molar-refractivity contribution in [1.29, 1.82) is 0 Å². The molecule has 0 radical (unpaired) electrons. The lowest BCUT2D eigenvalue weighted by Gasteiger charge is -2.10. The number of hydrogen-bond donors (Lipinski definition) is 1. The largest absolute Gasteiger partial charge is 0.493 e. The summed E-state index contributed by atoms with van der Waals surface area (Å²) in [5, 5.41) is 4.29. The van der Waals surface area contributed by atoms with Gasteiger partial charge in [-0.15, -0.1) is 5.10 Å². The zero-order valence-electron chi connectivity index (χ0n) is 16.8. The molecule has 1 aromatic carbocycles. The molecule has 0 amide bonds. The average Bonchev–Trinajstić information content (AvgIpc) is 3.01. The molecule has 0 saturated carbocycles. The maximum absolute atomic E-state index is 11.6. The van der Waals surface area contributed by atoms with Crippen molar-refractivity contribution >= 4 is 16.0 Å². The van der Waals surface area contributed by atoms with Crippen LogP contribution in [0.1, 0.15) is 22.9 Å². The fraction of sp³-hybridized carbons (Fsp3) is 0.333. The van der Waals surface area contributed by atoms with Crippen LogP contribution in [-0.4, -0.2) is 53.6 Å². The molecule has 0 fully saturated rings. The molecule has 11 heteroatoms. The first-order valence-electron chi connectivity index (χ1n) is 8.66. The Morgan fingerprint density at radius 1 is 1.03 bits per heavy atom. The monoisotopic (exact) mass is 418 g/mol. The molecule has 10 nitrogen and oxygen atoms in total. The van der Waals surface area contributed by atoms with Crippen LogP contribution in [0, 0.1) is 13.8 Å². The molecule has 0 spiro atoms. The summed E-state index contributed by atoms with van der Waals surface area (Å²) in [6.45, 7) is 3.62. The number of nitrogens with one attached hydrogen (secondary N) is 1. The minimum absolute atomic E-state index is 0.0307. The quantitative estimate of drug-likeness (QED) is 0.615. The predicted molar refractivity (Wildman–Crippen MR) is 107 cm³/mol. The van der Waals surface area contributed by atoms with Gasteiger partial charge in [-0.25, -0.2) is 18.4 Å². The van der Waals surface area contributed by atoms with Gasteiger partial charge in [-0.05, 0) is 31.5 Å². The number of sulfonamides is 1. The smallest absolute Gasteiger partial charge is 0.256 e. The summed E-state index contributed by atoms with van der Waals surface area (Å²) in [5.74, 6) is 2.74. The van der Waals surface area contributed by atoms with Gasteiger partial charge in [0.1, 0.15) is 11.6 Å². The van der Waals surface area contributed by atoms with Crippen LogP contribution < -0.4 is 14.2 Å². The highest BCUT2D eigenvalue weighted by molar-refractivity contribution is 7.91. The molecule has 0 bridgehead atoms. The van der Waals surface area contributed by atoms with E-state index in [0.29, 0.717) is 35.4 Å². The average molecular weight is 418 g/mol. The standard InChI is InChI=1S/C18H22N6O4S/c1-11-8-16(20-12(2)19-11)24-17(21-18(22-24)23-29(5,25)26)10-13-6-7-14(27-3)15(9-13)28-4/h6-9H,10H2,1-5H3,(H,22,23). The molecular formula is C18H22N6O4S. The Kier molecular flexibility index (Phi) is 5.69. The topological polar surface area (TPSA) is 121 Å². The van der Waals surface area contributed by atoms with E-state index in [1.54, 1.807) is 33.3 Å². The van der Waals surface area contributed by atoms with E-state index in [4.69, 9.17) is 9.47 Å². The summed E-state index contributed by atoms with van der Waals surface area (Å²) in [6, 6.07) is 7.26. The van der Waals surface area contributed by atoms with Crippen LogP contribution in [-0.2, 0) is 16.4 Å². The van der Waals surface area contributed by atoms with Crippen molar-refractivity contribution in [2.75, 3.05) is 25.2 Å². The van der Waals surface area contributed by atoms with Crippen LogP contribution >= 0.6 is 0 Å². The Morgan fingerprint density at radius 2 is 1.76 bits per heavy atom. The molecule has 2 heterocycles. The summed E-state index contributed by atoms with van der Waals surface area (Å²) >= 11 is 0. The maximum atomic E-state index is 11.6. The lowest BCUT2D eigenvalue weighted by molar-refractivity contribution is 0.354. The Balaban J connectivity index is 2.06. The Labute approximate surface area is 169 Å². The molecule has 0 aliphatic carbocycles. The van der Waals surface area contributed by atoms with Crippen molar-refractivity contribution in [3.05, 3.63) is 47.2 Å². The van der Waals surface area contributed by atoms with Gasteiger partial charge in [0.2, 0.25) is 10.0 Å². The summed E-state index contributed by atoms with van der Waals surface area (Å²) in [4.78, 5) is 13.0. The number of hydrogen-bond acceptors (Lipinski definition) is 8. The third-order valence-corrected chi connectivity index (χ3v) is 4.48. The van der Waals surface area contributed by atoms with E-state index in [2.05, 4.69) is 24.8 Å². The highest BCUT2D eigenvalue weighted by Crippen LogP contribution is 2.28. The van der Waals surface area contributed by atoms with E-state index in [9.17, 15) is 8.42 Å². The van der Waals surface area contributed by atoms with Crippen molar-refractivity contribution in [3.63, 3.8) is 0 Å². The Morgan fingerprint density at radius 3 is 2.38 bits per heavy atom. The van der Waals surface area contributed by atoms with E-state index >= 15 is 0 Å². The molecule has 0 unspecified atom stereocenters. The van der Waals surface area contributed by atoms with Gasteiger partial charge in [0.25, 0.3) is 5.95 Å². The van der Waals surface area contributed by atoms with E-state index in [1.807, 2.05) is 19.1 Å². The van der Waals surface area contributed by atoms with E-state index in [-0.39, 0.29) is 5.95 Å². The van der Waals surface area contributed by atoms with Gasteiger partial charge in [-0.2, -0.15) is 9.67 Å². The SMILES string of the molecule is COc1ccc(Cc2nc(NS(C)(=O)=O)nn2-c2cc(C)nc(C)n2)cc1OC. The van der Waals surface area contributed by atoms with Gasteiger partial charge in [-0.1, -0.05) is 6.07 Å². The van der Waals surface area contributed by atoms with Crippen molar-refractivity contribution < 1.29 is 17.9 Å². The Bertz CT molecular complexity index is 1120. The minimum atomic E-state index is -3.53. The van der Waals surface area contributed by atoms with Crippen molar-refractivity contribution in [3.8, 4) is 17.3 Å². The minimum Gasteiger partial charge on any atom is -0.493 e. The maximum Gasteiger partial charge on any atom is 0.256 e. The van der Waals surface area contributed by atoms with Crippen LogP contribution in [0.4, 0.5) is 5.95 Å². The molecule has 29 heavy (non-hydrogen) atoms. The van der Waals surface area contributed by atoms with Gasteiger partial charge in [0.05, 0.1) is 20.5 Å². The van der Waals surface area contributed by atoms with Gasteiger partial charge in [0.15, 0.2) is 17.3 Å². The van der Waals surface area contributed by atoms with Gasteiger partial charge in [0, 0.05) is 18.2 Å². The fourth-order valence-electron chi connectivity index (χ4n) is 2.83. The summed E-state index contributed by atoms with van der Waals surface area (Å²) in [6.07, 6.45) is 1.40. The first kappa shape index (κ1) is 20.5. The van der Waals surface area contributed by atoms with Crippen LogP contribution in [0.15, 0.2) is 24.3 Å². The third kappa shape index (κ3) is 4.99. The third-order valence-electron chi connectivity index (χ3n) is 3.93. The molecule has 154 valence electrons. The lowest BCUT2D eigenvalue weighted by Crippen LogP contribution is -2.11. The van der Waals surface area contributed by atoms with Crippen LogP contribution in [0.5, 0.6) is 11.5 Å². The normalized spacial score (nSPS) is 11.3. The number of anilines is 1. The van der Waals surface area contributed by atoms with Crippen molar-refractivity contribution in [2.45, 2.75) is 20.3 Å². The Hall–Kier alpha value is -3.21. The number of aryl methyl sites for hydroxylation is 2. The number of aromatic nitrogens is 5. The first-order chi connectivity index (χ1) is 13.7. The summed E-state index contributed by atoms with van der Waals surface area (Å²) in [5.41, 5.74) is 1.64. The zero-order chi connectivity index (χ0) is 21.2. The number of ether oxygens (including phenoxy) is 2. The molecule has 2 aromatic heterocycles. The van der Waals surface area contributed by atoms with Crippen LogP contribution in [0.3, 0.4) is 0 Å². The van der Waals surface area contributed by atoms with Crippen molar-refractivity contribution in [2.24, 2.45) is 0 Å². The molecule has 3 rings (SSSR count). The van der Waals surface area contributed by atoms with Crippen LogP contribution in [0.2, 0.25) is 0 Å². The van der Waals surface area contributed by atoms with E-state index < -0.39 is 10.0 Å². The zero-order valence-corrected chi connectivity index (χ0v) is 17.6. The number of benzene rings is 1. The second-order valence-corrected chi connectivity index (χ2v) is 8.17. The predicted octanol–water partition coefficient (Wildman–Crippen LogP) is 1.65. The molecular weight excluding hydrogens is 396 g/mol. The number of rotatable bonds is 7. The second-order valence-electron chi connectivity index (χ2n) is 6.42. The molecule has 0 saturated heterocycles. The van der Waals surface area contributed by atoms with Crippen LogP contribution in [0.25, 0.3) is 5.82 Å². The van der Waals surface area contributed by atoms with E-state index in [1.165, 1.54) is 4.68 Å². The first-order valence-corrected chi connectivity index (χ1v) is 10.5. The molecule has 0 atom stereocenters. The second kappa shape index (κ2) is 8.03. The molecule has 0 aliphatic rings. The highest BCUT2D eigenvalue weighted by Gasteiger charge is 2.17.